The number of fused-ring (bicyclic) bond motifs is 1. The molecular weight excluding hydrogens is 355 g/mol. The number of aryl methyl sites for hydroxylation is 2. The van der Waals surface area contributed by atoms with E-state index in [0.29, 0.717) is 12.2 Å². The molecule has 2 aromatic rings. The van der Waals surface area contributed by atoms with Crippen molar-refractivity contribution in [2.45, 2.75) is 51.3 Å². The summed E-state index contributed by atoms with van der Waals surface area (Å²) in [6, 6.07) is 10.4. The Bertz CT molecular complexity index is 817. The van der Waals surface area contributed by atoms with E-state index in [1.807, 2.05) is 18.2 Å². The van der Waals surface area contributed by atoms with Gasteiger partial charge in [0.25, 0.3) is 5.91 Å². The van der Waals surface area contributed by atoms with Crippen LogP contribution in [-0.4, -0.2) is 12.0 Å². The second-order valence-corrected chi connectivity index (χ2v) is 6.72. The predicted molar refractivity (Wildman–Crippen MR) is 97.9 cm³/mol. The van der Waals surface area contributed by atoms with Gasteiger partial charge in [-0.05, 0) is 73.6 Å². The van der Waals surface area contributed by atoms with Crippen LogP contribution in [0.3, 0.4) is 0 Å². The molecule has 0 aromatic heterocycles. The molecule has 1 atom stereocenters. The summed E-state index contributed by atoms with van der Waals surface area (Å²) in [6.45, 7) is 1.80. The Morgan fingerprint density at radius 3 is 2.56 bits per heavy atom. The molecule has 0 saturated carbocycles. The van der Waals surface area contributed by atoms with Gasteiger partial charge in [-0.2, -0.15) is 13.2 Å². The summed E-state index contributed by atoms with van der Waals surface area (Å²) in [5.74, 6) is 0.149. The molecule has 0 heterocycles. The summed E-state index contributed by atoms with van der Waals surface area (Å²) in [5.41, 5.74) is 1.85. The Morgan fingerprint density at radius 1 is 1.11 bits per heavy atom. The Balaban J connectivity index is 1.69. The minimum absolute atomic E-state index is 0.0994. The molecule has 0 fully saturated rings. The van der Waals surface area contributed by atoms with Gasteiger partial charge >= 0.3 is 6.18 Å². The summed E-state index contributed by atoms with van der Waals surface area (Å²) in [6.07, 6.45) is -0.440. The molecule has 1 amide bonds. The summed E-state index contributed by atoms with van der Waals surface area (Å²) < 4.78 is 44.3. The highest BCUT2D eigenvalue weighted by Gasteiger charge is 2.30. The average molecular weight is 377 g/mol. The van der Waals surface area contributed by atoms with Crippen molar-refractivity contribution < 1.29 is 22.7 Å². The maximum Gasteiger partial charge on any atom is 0.416 e. The van der Waals surface area contributed by atoms with Crippen LogP contribution in [-0.2, 0) is 23.8 Å². The zero-order valence-corrected chi connectivity index (χ0v) is 15.1. The summed E-state index contributed by atoms with van der Waals surface area (Å²) in [7, 11) is 0. The van der Waals surface area contributed by atoms with E-state index in [-0.39, 0.29) is 5.69 Å². The van der Waals surface area contributed by atoms with E-state index in [1.54, 1.807) is 6.92 Å². The van der Waals surface area contributed by atoms with E-state index in [4.69, 9.17) is 4.74 Å². The number of halogens is 3. The lowest BCUT2D eigenvalue weighted by molar-refractivity contribution is -0.137. The zero-order valence-electron chi connectivity index (χ0n) is 15.1. The van der Waals surface area contributed by atoms with Crippen LogP contribution in [0.2, 0.25) is 0 Å². The first-order valence-electron chi connectivity index (χ1n) is 9.13. The molecule has 1 aliphatic carbocycles. The molecule has 27 heavy (non-hydrogen) atoms. The van der Waals surface area contributed by atoms with E-state index in [1.165, 1.54) is 29.7 Å². The molecular formula is C21H22F3NO2. The number of carbonyl (C=O) groups is 1. The molecule has 0 saturated heterocycles. The number of amides is 1. The van der Waals surface area contributed by atoms with Gasteiger partial charge < -0.3 is 10.1 Å². The van der Waals surface area contributed by atoms with Gasteiger partial charge in [0.05, 0.1) is 5.56 Å². The van der Waals surface area contributed by atoms with Gasteiger partial charge in [-0.3, -0.25) is 4.79 Å². The van der Waals surface area contributed by atoms with Crippen LogP contribution in [0.15, 0.2) is 42.5 Å². The van der Waals surface area contributed by atoms with E-state index in [2.05, 4.69) is 5.32 Å². The minimum Gasteiger partial charge on any atom is -0.481 e. The van der Waals surface area contributed by atoms with Gasteiger partial charge in [0.1, 0.15) is 5.75 Å². The molecule has 6 heteroatoms. The Kier molecular flexibility index (Phi) is 5.73. The molecule has 0 radical (unpaired) electrons. The van der Waals surface area contributed by atoms with Crippen LogP contribution in [0.4, 0.5) is 18.9 Å². The van der Waals surface area contributed by atoms with E-state index >= 15 is 0 Å². The number of hydrogen-bond donors (Lipinski definition) is 1. The summed E-state index contributed by atoms with van der Waals surface area (Å²) in [4.78, 5) is 12.5. The van der Waals surface area contributed by atoms with Crippen LogP contribution in [0, 0.1) is 0 Å². The van der Waals surface area contributed by atoms with Crippen molar-refractivity contribution in [3.63, 3.8) is 0 Å². The molecule has 2 aromatic carbocycles. The number of hydrogen-bond acceptors (Lipinski definition) is 2. The van der Waals surface area contributed by atoms with E-state index in [9.17, 15) is 18.0 Å². The largest absolute Gasteiger partial charge is 0.481 e. The van der Waals surface area contributed by atoms with Crippen LogP contribution < -0.4 is 10.1 Å². The Hall–Kier alpha value is -2.50. The number of carbonyl (C=O) groups excluding carboxylic acids is 1. The fourth-order valence-electron chi connectivity index (χ4n) is 3.27. The van der Waals surface area contributed by atoms with E-state index in [0.717, 1.165) is 31.4 Å². The average Bonchev–Trinajstić information content (AvgIpc) is 2.65. The van der Waals surface area contributed by atoms with Gasteiger partial charge in [-0.25, -0.2) is 0 Å². The second-order valence-electron chi connectivity index (χ2n) is 6.72. The lowest BCUT2D eigenvalue weighted by atomic mass is 9.92. The van der Waals surface area contributed by atoms with Gasteiger partial charge in [-0.15, -0.1) is 0 Å². The van der Waals surface area contributed by atoms with Crippen molar-refractivity contribution in [2.24, 2.45) is 0 Å². The molecule has 0 aliphatic heterocycles. The van der Waals surface area contributed by atoms with Crippen LogP contribution >= 0.6 is 0 Å². The smallest absolute Gasteiger partial charge is 0.416 e. The van der Waals surface area contributed by atoms with Crippen LogP contribution in [0.25, 0.3) is 0 Å². The fraction of sp³-hybridized carbons (Fsp3) is 0.381. The molecule has 144 valence electrons. The van der Waals surface area contributed by atoms with Gasteiger partial charge in [-0.1, -0.05) is 19.1 Å². The lowest BCUT2D eigenvalue weighted by Gasteiger charge is -2.20. The van der Waals surface area contributed by atoms with Gasteiger partial charge in [0, 0.05) is 5.69 Å². The second kappa shape index (κ2) is 8.03. The third kappa shape index (κ3) is 4.81. The first-order chi connectivity index (χ1) is 12.9. The number of nitrogens with one attached hydrogen (secondary N) is 1. The van der Waals surface area contributed by atoms with Crippen molar-refractivity contribution >= 4 is 11.6 Å². The number of ether oxygens (including phenoxy) is 1. The third-order valence-electron chi connectivity index (χ3n) is 4.72. The maximum atomic E-state index is 12.8. The fourth-order valence-corrected chi connectivity index (χ4v) is 3.27. The topological polar surface area (TPSA) is 38.3 Å². The number of anilines is 1. The van der Waals surface area contributed by atoms with Gasteiger partial charge in [0.15, 0.2) is 6.10 Å². The molecule has 3 nitrogen and oxygen atoms in total. The van der Waals surface area contributed by atoms with Crippen molar-refractivity contribution in [2.75, 3.05) is 5.32 Å². The van der Waals surface area contributed by atoms with Crippen molar-refractivity contribution in [3.05, 3.63) is 59.2 Å². The van der Waals surface area contributed by atoms with Crippen LogP contribution in [0.1, 0.15) is 42.9 Å². The first kappa shape index (κ1) is 19.3. The highest BCUT2D eigenvalue weighted by molar-refractivity contribution is 5.94. The highest BCUT2D eigenvalue weighted by atomic mass is 19.4. The zero-order chi connectivity index (χ0) is 19.4. The quantitative estimate of drug-likeness (QED) is 0.760. The molecule has 1 aliphatic rings. The monoisotopic (exact) mass is 377 g/mol. The normalized spacial score (nSPS) is 15.0. The predicted octanol–water partition coefficient (Wildman–Crippen LogP) is 5.38. The summed E-state index contributed by atoms with van der Waals surface area (Å²) >= 11 is 0. The van der Waals surface area contributed by atoms with Crippen molar-refractivity contribution in [1.29, 1.82) is 0 Å². The molecule has 0 spiro atoms. The SMILES string of the molecule is CCC(Oc1ccc2c(c1)CCCC2)C(=O)Nc1cccc(C(F)(F)F)c1. The van der Waals surface area contributed by atoms with Crippen molar-refractivity contribution in [3.8, 4) is 5.75 Å². The first-order valence-corrected chi connectivity index (χ1v) is 9.13. The Morgan fingerprint density at radius 2 is 1.85 bits per heavy atom. The Labute approximate surface area is 156 Å². The summed E-state index contributed by atoms with van der Waals surface area (Å²) in [5, 5.41) is 2.52. The standard InChI is InChI=1S/C21H22F3NO2/c1-2-19(27-18-11-10-14-6-3-4-7-15(14)12-18)20(26)25-17-9-5-8-16(13-17)21(22,23)24/h5,8-13,19H,2-4,6-7H2,1H3,(H,25,26). The molecule has 3 rings (SSSR count). The molecule has 0 bridgehead atoms. The number of benzene rings is 2. The maximum absolute atomic E-state index is 12.8. The number of rotatable bonds is 5. The van der Waals surface area contributed by atoms with E-state index < -0.39 is 23.8 Å². The number of alkyl halides is 3. The lowest BCUT2D eigenvalue weighted by Crippen LogP contribution is -2.32. The third-order valence-corrected chi connectivity index (χ3v) is 4.72. The van der Waals surface area contributed by atoms with Crippen molar-refractivity contribution in [1.82, 2.24) is 0 Å². The molecule has 1 N–H and O–H groups in total. The van der Waals surface area contributed by atoms with Gasteiger partial charge in [0.2, 0.25) is 0 Å². The highest BCUT2D eigenvalue weighted by Crippen LogP contribution is 2.31. The van der Waals surface area contributed by atoms with Crippen LogP contribution in [0.5, 0.6) is 5.75 Å². The molecule has 1 unspecified atom stereocenters. The minimum atomic E-state index is -4.45.